The molecule has 0 saturated heterocycles. The van der Waals surface area contributed by atoms with E-state index >= 15 is 0 Å². The Hall–Kier alpha value is -1.88. The first kappa shape index (κ1) is 16.2. The highest BCUT2D eigenvalue weighted by Crippen LogP contribution is 2.02. The lowest BCUT2D eigenvalue weighted by Crippen LogP contribution is -2.39. The van der Waals surface area contributed by atoms with E-state index in [1.54, 1.807) is 12.1 Å². The first-order valence-electron chi connectivity index (χ1n) is 6.81. The second kappa shape index (κ2) is 8.32. The fourth-order valence-corrected chi connectivity index (χ4v) is 1.74. The summed E-state index contributed by atoms with van der Waals surface area (Å²) in [6.45, 7) is 5.33. The highest BCUT2D eigenvalue weighted by Gasteiger charge is 2.10. The van der Waals surface area contributed by atoms with Gasteiger partial charge in [-0.25, -0.2) is 0 Å². The van der Waals surface area contributed by atoms with Crippen molar-refractivity contribution >= 4 is 11.8 Å². The molecule has 0 fully saturated rings. The van der Waals surface area contributed by atoms with Crippen LogP contribution in [0.15, 0.2) is 24.3 Å². The van der Waals surface area contributed by atoms with E-state index < -0.39 is 0 Å². The zero-order valence-electron chi connectivity index (χ0n) is 12.3. The van der Waals surface area contributed by atoms with Gasteiger partial charge in [-0.05, 0) is 26.1 Å². The van der Waals surface area contributed by atoms with Crippen LogP contribution in [0.5, 0.6) is 0 Å². The van der Waals surface area contributed by atoms with E-state index in [9.17, 15) is 9.59 Å². The van der Waals surface area contributed by atoms with Gasteiger partial charge in [0.15, 0.2) is 0 Å². The molecule has 0 aromatic heterocycles. The van der Waals surface area contributed by atoms with Gasteiger partial charge in [-0.15, -0.1) is 0 Å². The number of amides is 2. The molecule has 2 amide bonds. The minimum Gasteiger partial charge on any atom is -0.354 e. The van der Waals surface area contributed by atoms with E-state index in [2.05, 4.69) is 16.0 Å². The van der Waals surface area contributed by atoms with Crippen molar-refractivity contribution in [3.8, 4) is 0 Å². The lowest BCUT2D eigenvalue weighted by Gasteiger charge is -2.12. The maximum atomic E-state index is 11.8. The summed E-state index contributed by atoms with van der Waals surface area (Å²) in [5.74, 6) is -0.209. The van der Waals surface area contributed by atoms with Gasteiger partial charge in [-0.1, -0.05) is 24.6 Å². The molecule has 0 aliphatic heterocycles. The van der Waals surface area contributed by atoms with Crippen LogP contribution in [-0.4, -0.2) is 38.5 Å². The van der Waals surface area contributed by atoms with Gasteiger partial charge < -0.3 is 16.0 Å². The average Bonchev–Trinajstić information content (AvgIpc) is 2.44. The maximum absolute atomic E-state index is 11.8. The van der Waals surface area contributed by atoms with Crippen molar-refractivity contribution in [2.75, 3.05) is 26.7 Å². The Morgan fingerprint density at radius 3 is 2.30 bits per heavy atom. The van der Waals surface area contributed by atoms with E-state index in [4.69, 9.17) is 0 Å². The number of hydrogen-bond acceptors (Lipinski definition) is 3. The minimum atomic E-state index is -0.123. The van der Waals surface area contributed by atoms with Crippen LogP contribution in [0.1, 0.15) is 22.8 Å². The maximum Gasteiger partial charge on any atom is 0.251 e. The fourth-order valence-electron chi connectivity index (χ4n) is 1.74. The second-order valence-corrected chi connectivity index (χ2v) is 4.87. The second-order valence-electron chi connectivity index (χ2n) is 4.87. The van der Waals surface area contributed by atoms with Crippen molar-refractivity contribution in [3.05, 3.63) is 35.4 Å². The third-order valence-corrected chi connectivity index (χ3v) is 2.98. The van der Waals surface area contributed by atoms with Gasteiger partial charge in [0.1, 0.15) is 0 Å². The molecule has 0 spiro atoms. The van der Waals surface area contributed by atoms with Crippen LogP contribution in [0.2, 0.25) is 0 Å². The third kappa shape index (κ3) is 5.40. The van der Waals surface area contributed by atoms with Gasteiger partial charge in [-0.3, -0.25) is 9.59 Å². The molecule has 1 aromatic carbocycles. The minimum absolute atomic E-state index is 0.0102. The van der Waals surface area contributed by atoms with Crippen molar-refractivity contribution in [2.45, 2.75) is 13.8 Å². The lowest BCUT2D eigenvalue weighted by molar-refractivity contribution is -0.124. The summed E-state index contributed by atoms with van der Waals surface area (Å²) in [6.07, 6.45) is 0. The third-order valence-electron chi connectivity index (χ3n) is 2.98. The van der Waals surface area contributed by atoms with Crippen molar-refractivity contribution in [1.29, 1.82) is 0 Å². The SMILES string of the molecule is CNCC(C)C(=O)NCCNC(=O)c1ccc(C)cc1. The zero-order valence-corrected chi connectivity index (χ0v) is 12.3. The molecular weight excluding hydrogens is 254 g/mol. The van der Waals surface area contributed by atoms with E-state index in [0.29, 0.717) is 25.2 Å². The van der Waals surface area contributed by atoms with Crippen LogP contribution in [0, 0.1) is 12.8 Å². The van der Waals surface area contributed by atoms with Gasteiger partial charge >= 0.3 is 0 Å². The smallest absolute Gasteiger partial charge is 0.251 e. The van der Waals surface area contributed by atoms with Crippen LogP contribution in [-0.2, 0) is 4.79 Å². The standard InChI is InChI=1S/C15H23N3O2/c1-11-4-6-13(7-5-11)15(20)18-9-8-17-14(19)12(2)10-16-3/h4-7,12,16H,8-10H2,1-3H3,(H,17,19)(H,18,20). The predicted octanol–water partition coefficient (Wildman–Crippen LogP) is 0.697. The Labute approximate surface area is 120 Å². The number of benzene rings is 1. The van der Waals surface area contributed by atoms with Crippen LogP contribution in [0.3, 0.4) is 0 Å². The molecular formula is C15H23N3O2. The highest BCUT2D eigenvalue weighted by atomic mass is 16.2. The Balaban J connectivity index is 2.25. The molecule has 0 radical (unpaired) electrons. The summed E-state index contributed by atoms with van der Waals surface area (Å²) in [7, 11) is 1.81. The summed E-state index contributed by atoms with van der Waals surface area (Å²) in [5, 5.41) is 8.52. The average molecular weight is 277 g/mol. The van der Waals surface area contributed by atoms with Gasteiger partial charge in [0.2, 0.25) is 5.91 Å². The molecule has 1 aromatic rings. The quantitative estimate of drug-likeness (QED) is 0.642. The first-order valence-corrected chi connectivity index (χ1v) is 6.81. The van der Waals surface area contributed by atoms with Gasteiger partial charge in [0.05, 0.1) is 0 Å². The molecule has 0 aliphatic rings. The molecule has 20 heavy (non-hydrogen) atoms. The number of rotatable bonds is 7. The van der Waals surface area contributed by atoms with Gasteiger partial charge in [-0.2, -0.15) is 0 Å². The highest BCUT2D eigenvalue weighted by molar-refractivity contribution is 5.94. The van der Waals surface area contributed by atoms with Crippen molar-refractivity contribution in [2.24, 2.45) is 5.92 Å². The Kier molecular flexibility index (Phi) is 6.73. The summed E-state index contributed by atoms with van der Waals surface area (Å²) >= 11 is 0. The summed E-state index contributed by atoms with van der Waals surface area (Å²) in [5.41, 5.74) is 1.75. The van der Waals surface area contributed by atoms with Crippen LogP contribution in [0.4, 0.5) is 0 Å². The number of carbonyl (C=O) groups is 2. The van der Waals surface area contributed by atoms with Gasteiger partial charge in [0.25, 0.3) is 5.91 Å². The van der Waals surface area contributed by atoms with E-state index in [0.717, 1.165) is 5.56 Å². The molecule has 0 heterocycles. The van der Waals surface area contributed by atoms with E-state index in [1.165, 1.54) is 0 Å². The lowest BCUT2D eigenvalue weighted by atomic mass is 10.1. The fraction of sp³-hybridized carbons (Fsp3) is 0.467. The molecule has 5 nitrogen and oxygen atoms in total. The van der Waals surface area contributed by atoms with Crippen molar-refractivity contribution < 1.29 is 9.59 Å². The number of hydrogen-bond donors (Lipinski definition) is 3. The first-order chi connectivity index (χ1) is 9.54. The molecule has 5 heteroatoms. The zero-order chi connectivity index (χ0) is 15.0. The summed E-state index contributed by atoms with van der Waals surface area (Å²) in [6, 6.07) is 7.38. The van der Waals surface area contributed by atoms with Gasteiger partial charge in [0, 0.05) is 31.1 Å². The molecule has 0 aliphatic carbocycles. The normalized spacial score (nSPS) is 11.8. The number of nitrogens with one attached hydrogen (secondary N) is 3. The summed E-state index contributed by atoms with van der Waals surface area (Å²) in [4.78, 5) is 23.4. The van der Waals surface area contributed by atoms with E-state index in [1.807, 2.05) is 33.0 Å². The van der Waals surface area contributed by atoms with Crippen molar-refractivity contribution in [3.63, 3.8) is 0 Å². The molecule has 1 atom stereocenters. The Morgan fingerprint density at radius 1 is 1.10 bits per heavy atom. The Bertz CT molecular complexity index is 443. The van der Waals surface area contributed by atoms with Crippen LogP contribution < -0.4 is 16.0 Å². The molecule has 0 saturated carbocycles. The molecule has 0 bridgehead atoms. The molecule has 1 rings (SSSR count). The molecule has 1 unspecified atom stereocenters. The predicted molar refractivity (Wildman–Crippen MR) is 79.6 cm³/mol. The summed E-state index contributed by atoms with van der Waals surface area (Å²) < 4.78 is 0. The van der Waals surface area contributed by atoms with Crippen LogP contribution >= 0.6 is 0 Å². The molecule has 110 valence electrons. The largest absolute Gasteiger partial charge is 0.354 e. The number of aryl methyl sites for hydroxylation is 1. The van der Waals surface area contributed by atoms with Crippen molar-refractivity contribution in [1.82, 2.24) is 16.0 Å². The topological polar surface area (TPSA) is 70.2 Å². The molecule has 3 N–H and O–H groups in total. The van der Waals surface area contributed by atoms with E-state index in [-0.39, 0.29) is 17.7 Å². The monoisotopic (exact) mass is 277 g/mol. The number of carbonyl (C=O) groups excluding carboxylic acids is 2. The van der Waals surface area contributed by atoms with Crippen LogP contribution in [0.25, 0.3) is 0 Å². The Morgan fingerprint density at radius 2 is 1.70 bits per heavy atom.